The Morgan fingerprint density at radius 3 is 2.64 bits per heavy atom. The van der Waals surface area contributed by atoms with Gasteiger partial charge >= 0.3 is 5.91 Å². The minimum Gasteiger partial charge on any atom is -0.450 e. The van der Waals surface area contributed by atoms with Crippen LogP contribution in [0.4, 0.5) is 4.39 Å². The Morgan fingerprint density at radius 2 is 1.89 bits per heavy atom. The molecule has 0 radical (unpaired) electrons. The first-order chi connectivity index (χ1) is 13.6. The van der Waals surface area contributed by atoms with Crippen LogP contribution >= 0.6 is 12.2 Å². The van der Waals surface area contributed by atoms with Gasteiger partial charge in [-0.25, -0.2) is 4.39 Å². The first kappa shape index (κ1) is 19.8. The SMILES string of the molecule is CCOCc1c(C(=O)NNC(=S)NCc2ccc(F)cc2)oc2ccccc12. The van der Waals surface area contributed by atoms with Crippen molar-refractivity contribution in [2.45, 2.75) is 20.1 Å². The summed E-state index contributed by atoms with van der Waals surface area (Å²) in [4.78, 5) is 12.6. The predicted octanol–water partition coefficient (Wildman–Crippen LogP) is 3.42. The standard InChI is InChI=1S/C20H20FN3O3S/c1-2-26-12-16-15-5-3-4-6-17(15)27-18(16)19(25)23-24-20(28)22-11-13-7-9-14(21)10-8-13/h3-10H,2,11-12H2,1H3,(H,23,25)(H2,22,24,28). The Hall–Kier alpha value is -2.97. The summed E-state index contributed by atoms with van der Waals surface area (Å²) in [6, 6.07) is 13.4. The Bertz CT molecular complexity index is 972. The molecule has 1 aromatic heterocycles. The van der Waals surface area contributed by atoms with Crippen molar-refractivity contribution >= 4 is 34.2 Å². The minimum absolute atomic E-state index is 0.170. The highest BCUT2D eigenvalue weighted by molar-refractivity contribution is 7.80. The molecule has 146 valence electrons. The molecule has 0 aliphatic heterocycles. The summed E-state index contributed by atoms with van der Waals surface area (Å²) in [5, 5.41) is 3.98. The molecule has 0 unspecified atom stereocenters. The van der Waals surface area contributed by atoms with E-state index in [2.05, 4.69) is 16.2 Å². The molecule has 0 bridgehead atoms. The van der Waals surface area contributed by atoms with Gasteiger partial charge in [0.25, 0.3) is 0 Å². The average molecular weight is 401 g/mol. The van der Waals surface area contributed by atoms with Crippen molar-refractivity contribution in [1.29, 1.82) is 0 Å². The number of ether oxygens (including phenoxy) is 1. The van der Waals surface area contributed by atoms with Crippen molar-refractivity contribution in [2.24, 2.45) is 0 Å². The van der Waals surface area contributed by atoms with Gasteiger partial charge in [0.15, 0.2) is 10.9 Å². The van der Waals surface area contributed by atoms with Gasteiger partial charge in [0.05, 0.1) is 6.61 Å². The number of carbonyl (C=O) groups is 1. The van der Waals surface area contributed by atoms with Crippen LogP contribution in [0.25, 0.3) is 11.0 Å². The van der Waals surface area contributed by atoms with E-state index in [1.807, 2.05) is 25.1 Å². The Morgan fingerprint density at radius 1 is 1.14 bits per heavy atom. The van der Waals surface area contributed by atoms with E-state index in [4.69, 9.17) is 21.4 Å². The van der Waals surface area contributed by atoms with Crippen molar-refractivity contribution in [3.8, 4) is 0 Å². The van der Waals surface area contributed by atoms with Crippen LogP contribution < -0.4 is 16.2 Å². The number of furan rings is 1. The van der Waals surface area contributed by atoms with Gasteiger partial charge in [0.1, 0.15) is 11.4 Å². The zero-order chi connectivity index (χ0) is 19.9. The van der Waals surface area contributed by atoms with Gasteiger partial charge < -0.3 is 14.5 Å². The maximum Gasteiger partial charge on any atom is 0.305 e. The van der Waals surface area contributed by atoms with Crippen LogP contribution in [0.2, 0.25) is 0 Å². The molecular weight excluding hydrogens is 381 g/mol. The van der Waals surface area contributed by atoms with Gasteiger partial charge in [-0.05, 0) is 42.9 Å². The van der Waals surface area contributed by atoms with E-state index in [0.717, 1.165) is 10.9 Å². The second kappa shape index (κ2) is 9.29. The monoisotopic (exact) mass is 401 g/mol. The minimum atomic E-state index is -0.461. The lowest BCUT2D eigenvalue weighted by molar-refractivity contribution is 0.0905. The van der Waals surface area contributed by atoms with Gasteiger partial charge in [0.2, 0.25) is 0 Å². The second-order valence-corrected chi connectivity index (χ2v) is 6.34. The van der Waals surface area contributed by atoms with Gasteiger partial charge in [-0.1, -0.05) is 30.3 Å². The summed E-state index contributed by atoms with van der Waals surface area (Å²) in [5.74, 6) is -0.592. The quantitative estimate of drug-likeness (QED) is 0.434. The number of rotatable bonds is 6. The fourth-order valence-corrected chi connectivity index (χ4v) is 2.75. The van der Waals surface area contributed by atoms with Crippen molar-refractivity contribution in [2.75, 3.05) is 6.61 Å². The van der Waals surface area contributed by atoms with Crippen LogP contribution in [-0.4, -0.2) is 17.6 Å². The first-order valence-electron chi connectivity index (χ1n) is 8.75. The largest absolute Gasteiger partial charge is 0.450 e. The van der Waals surface area contributed by atoms with Crippen molar-refractivity contribution in [3.63, 3.8) is 0 Å². The second-order valence-electron chi connectivity index (χ2n) is 5.93. The third-order valence-electron chi connectivity index (χ3n) is 4.01. The highest BCUT2D eigenvalue weighted by atomic mass is 32.1. The Balaban J connectivity index is 1.61. The van der Waals surface area contributed by atoms with Crippen LogP contribution in [0.1, 0.15) is 28.6 Å². The van der Waals surface area contributed by atoms with E-state index in [1.54, 1.807) is 18.2 Å². The molecule has 0 spiro atoms. The number of carbonyl (C=O) groups excluding carboxylic acids is 1. The van der Waals surface area contributed by atoms with Gasteiger partial charge in [-0.15, -0.1) is 0 Å². The molecule has 2 aromatic carbocycles. The lowest BCUT2D eigenvalue weighted by atomic mass is 10.1. The van der Waals surface area contributed by atoms with Crippen molar-refractivity contribution in [1.82, 2.24) is 16.2 Å². The third kappa shape index (κ3) is 4.85. The number of thiocarbonyl (C=S) groups is 1. The number of hydrogen-bond donors (Lipinski definition) is 3. The smallest absolute Gasteiger partial charge is 0.305 e. The molecule has 0 aliphatic carbocycles. The molecule has 0 atom stereocenters. The third-order valence-corrected chi connectivity index (χ3v) is 4.26. The van der Waals surface area contributed by atoms with E-state index in [0.29, 0.717) is 24.3 Å². The van der Waals surface area contributed by atoms with Crippen LogP contribution in [0, 0.1) is 5.82 Å². The molecule has 8 heteroatoms. The summed E-state index contributed by atoms with van der Waals surface area (Å²) in [6.45, 7) is 3.07. The fraction of sp³-hybridized carbons (Fsp3) is 0.200. The number of nitrogens with one attached hydrogen (secondary N) is 3. The summed E-state index contributed by atoms with van der Waals surface area (Å²) in [5.41, 5.74) is 7.30. The number of fused-ring (bicyclic) bond motifs is 1. The average Bonchev–Trinajstić information content (AvgIpc) is 3.08. The van der Waals surface area contributed by atoms with E-state index in [9.17, 15) is 9.18 Å². The molecule has 3 aromatic rings. The van der Waals surface area contributed by atoms with E-state index >= 15 is 0 Å². The number of para-hydroxylation sites is 1. The molecule has 0 aliphatic rings. The zero-order valence-electron chi connectivity index (χ0n) is 15.3. The maximum atomic E-state index is 12.9. The molecule has 1 amide bonds. The summed E-state index contributed by atoms with van der Waals surface area (Å²) >= 11 is 5.15. The first-order valence-corrected chi connectivity index (χ1v) is 9.16. The highest BCUT2D eigenvalue weighted by Gasteiger charge is 2.20. The molecule has 0 saturated heterocycles. The highest BCUT2D eigenvalue weighted by Crippen LogP contribution is 2.26. The Labute approximate surface area is 167 Å². The fourth-order valence-electron chi connectivity index (χ4n) is 2.63. The molecule has 3 rings (SSSR count). The van der Waals surface area contributed by atoms with E-state index in [1.165, 1.54) is 12.1 Å². The topological polar surface area (TPSA) is 75.5 Å². The number of hydrogen-bond acceptors (Lipinski definition) is 4. The van der Waals surface area contributed by atoms with Crippen LogP contribution in [0.15, 0.2) is 52.9 Å². The van der Waals surface area contributed by atoms with Gasteiger partial charge in [0, 0.05) is 24.1 Å². The molecular formula is C20H20FN3O3S. The lowest BCUT2D eigenvalue weighted by Gasteiger charge is -2.11. The van der Waals surface area contributed by atoms with Gasteiger partial charge in [-0.2, -0.15) is 0 Å². The number of benzene rings is 2. The predicted molar refractivity (Wildman–Crippen MR) is 108 cm³/mol. The number of halogens is 1. The molecule has 3 N–H and O–H groups in total. The molecule has 0 saturated carbocycles. The summed E-state index contributed by atoms with van der Waals surface area (Å²) in [7, 11) is 0. The van der Waals surface area contributed by atoms with Crippen LogP contribution in [0.3, 0.4) is 0 Å². The number of amides is 1. The molecule has 6 nitrogen and oxygen atoms in total. The Kier molecular flexibility index (Phi) is 6.57. The van der Waals surface area contributed by atoms with Crippen LogP contribution in [0.5, 0.6) is 0 Å². The summed E-state index contributed by atoms with van der Waals surface area (Å²) in [6.07, 6.45) is 0. The normalized spacial score (nSPS) is 10.6. The number of hydrazine groups is 1. The maximum absolute atomic E-state index is 12.9. The van der Waals surface area contributed by atoms with Crippen molar-refractivity contribution < 1.29 is 18.3 Å². The van der Waals surface area contributed by atoms with Gasteiger partial charge in [-0.3, -0.25) is 15.6 Å². The summed E-state index contributed by atoms with van der Waals surface area (Å²) < 4.78 is 24.1. The van der Waals surface area contributed by atoms with Crippen LogP contribution in [-0.2, 0) is 17.9 Å². The lowest BCUT2D eigenvalue weighted by Crippen LogP contribution is -2.46. The molecule has 1 heterocycles. The zero-order valence-corrected chi connectivity index (χ0v) is 16.1. The van der Waals surface area contributed by atoms with Crippen molar-refractivity contribution in [3.05, 3.63) is 71.2 Å². The molecule has 28 heavy (non-hydrogen) atoms. The van der Waals surface area contributed by atoms with E-state index in [-0.39, 0.29) is 23.3 Å². The molecule has 0 fully saturated rings. The van der Waals surface area contributed by atoms with E-state index < -0.39 is 5.91 Å².